The highest BCUT2D eigenvalue weighted by atomic mass is 19.1. The molecule has 98 valence electrons. The van der Waals surface area contributed by atoms with Gasteiger partial charge in [-0.1, -0.05) is 19.1 Å². The minimum absolute atomic E-state index is 0.0494. The molecule has 0 heterocycles. The van der Waals surface area contributed by atoms with Gasteiger partial charge in [0.1, 0.15) is 5.82 Å². The van der Waals surface area contributed by atoms with E-state index in [0.717, 1.165) is 0 Å². The molecule has 0 aromatic heterocycles. The summed E-state index contributed by atoms with van der Waals surface area (Å²) in [6.07, 6.45) is 0.503. The smallest absolute Gasteiger partial charge is 0.308 e. The number of hydrogen-bond acceptors (Lipinski definition) is 2. The highest BCUT2D eigenvalue weighted by Gasteiger charge is 2.15. The summed E-state index contributed by atoms with van der Waals surface area (Å²) in [5.74, 6) is -2.21. The number of carbonyl (C=O) groups is 2. The number of nitrogens with one attached hydrogen (secondary N) is 1. The number of hydrogen-bond donors (Lipinski definition) is 2. The molecule has 0 saturated carbocycles. The molecule has 0 fully saturated rings. The molecule has 1 amide bonds. The summed E-state index contributed by atoms with van der Waals surface area (Å²) < 4.78 is 12.9. The summed E-state index contributed by atoms with van der Waals surface area (Å²) in [6, 6.07) is 5.77. The molecule has 0 radical (unpaired) electrons. The SMILES string of the molecule is CCC(CNC(=O)Cc1cccc(F)c1)C(=O)O. The van der Waals surface area contributed by atoms with Crippen LogP contribution in [0.1, 0.15) is 18.9 Å². The molecule has 1 unspecified atom stereocenters. The molecule has 0 aliphatic carbocycles. The zero-order valence-corrected chi connectivity index (χ0v) is 10.1. The Morgan fingerprint density at radius 3 is 2.72 bits per heavy atom. The van der Waals surface area contributed by atoms with Crippen LogP contribution in [0.25, 0.3) is 0 Å². The van der Waals surface area contributed by atoms with Crippen molar-refractivity contribution in [2.24, 2.45) is 5.92 Å². The first-order valence-electron chi connectivity index (χ1n) is 5.77. The maximum Gasteiger partial charge on any atom is 0.308 e. The molecular weight excluding hydrogens is 237 g/mol. The van der Waals surface area contributed by atoms with Gasteiger partial charge in [-0.05, 0) is 24.1 Å². The molecule has 1 atom stereocenters. The van der Waals surface area contributed by atoms with E-state index in [1.165, 1.54) is 18.2 Å². The Kier molecular flexibility index (Phi) is 5.30. The molecule has 1 aromatic rings. The van der Waals surface area contributed by atoms with Crippen LogP contribution in [0.2, 0.25) is 0 Å². The molecule has 0 aliphatic rings. The van der Waals surface area contributed by atoms with Crippen LogP contribution in [0.5, 0.6) is 0 Å². The summed E-state index contributed by atoms with van der Waals surface area (Å²) in [5.41, 5.74) is 0.566. The van der Waals surface area contributed by atoms with E-state index in [1.807, 2.05) is 0 Å². The fourth-order valence-electron chi connectivity index (χ4n) is 1.54. The van der Waals surface area contributed by atoms with Crippen LogP contribution in [0.4, 0.5) is 4.39 Å². The van der Waals surface area contributed by atoms with Crippen LogP contribution in [0.3, 0.4) is 0 Å². The fourth-order valence-corrected chi connectivity index (χ4v) is 1.54. The third kappa shape index (κ3) is 4.53. The van der Waals surface area contributed by atoms with Gasteiger partial charge < -0.3 is 10.4 Å². The summed E-state index contributed by atoms with van der Waals surface area (Å²) in [7, 11) is 0. The molecule has 5 heteroatoms. The van der Waals surface area contributed by atoms with Crippen molar-refractivity contribution in [3.05, 3.63) is 35.6 Å². The van der Waals surface area contributed by atoms with Crippen LogP contribution in [0, 0.1) is 11.7 Å². The van der Waals surface area contributed by atoms with Crippen molar-refractivity contribution < 1.29 is 19.1 Å². The van der Waals surface area contributed by atoms with E-state index in [2.05, 4.69) is 5.32 Å². The second-order valence-electron chi connectivity index (χ2n) is 4.05. The van der Waals surface area contributed by atoms with Gasteiger partial charge in [-0.3, -0.25) is 9.59 Å². The van der Waals surface area contributed by atoms with E-state index in [9.17, 15) is 14.0 Å². The number of rotatable bonds is 6. The Balaban J connectivity index is 2.45. The summed E-state index contributed by atoms with van der Waals surface area (Å²) in [5, 5.41) is 11.4. The highest BCUT2D eigenvalue weighted by molar-refractivity contribution is 5.79. The van der Waals surface area contributed by atoms with Crippen LogP contribution in [0.15, 0.2) is 24.3 Å². The van der Waals surface area contributed by atoms with E-state index >= 15 is 0 Å². The Morgan fingerprint density at radius 2 is 2.17 bits per heavy atom. The third-order valence-electron chi connectivity index (χ3n) is 2.64. The van der Waals surface area contributed by atoms with Gasteiger partial charge in [0.25, 0.3) is 0 Å². The second-order valence-corrected chi connectivity index (χ2v) is 4.05. The fraction of sp³-hybridized carbons (Fsp3) is 0.385. The van der Waals surface area contributed by atoms with Crippen molar-refractivity contribution >= 4 is 11.9 Å². The standard InChI is InChI=1S/C13H16FNO3/c1-2-10(13(17)18)8-15-12(16)7-9-4-3-5-11(14)6-9/h3-6,10H,2,7-8H2,1H3,(H,15,16)(H,17,18). The van der Waals surface area contributed by atoms with Gasteiger partial charge in [-0.25, -0.2) is 4.39 Å². The average molecular weight is 253 g/mol. The summed E-state index contributed by atoms with van der Waals surface area (Å²) >= 11 is 0. The lowest BCUT2D eigenvalue weighted by Gasteiger charge is -2.11. The van der Waals surface area contributed by atoms with Crippen LogP contribution in [-0.4, -0.2) is 23.5 Å². The van der Waals surface area contributed by atoms with Gasteiger partial charge in [0.2, 0.25) is 5.91 Å². The van der Waals surface area contributed by atoms with Crippen molar-refractivity contribution in [2.75, 3.05) is 6.54 Å². The van der Waals surface area contributed by atoms with E-state index in [4.69, 9.17) is 5.11 Å². The minimum atomic E-state index is -0.927. The Bertz CT molecular complexity index is 434. The van der Waals surface area contributed by atoms with Gasteiger partial charge in [-0.15, -0.1) is 0 Å². The molecule has 2 N–H and O–H groups in total. The van der Waals surface area contributed by atoms with E-state index in [0.29, 0.717) is 12.0 Å². The minimum Gasteiger partial charge on any atom is -0.481 e. The van der Waals surface area contributed by atoms with E-state index in [-0.39, 0.29) is 18.9 Å². The number of halogens is 1. The van der Waals surface area contributed by atoms with Gasteiger partial charge in [-0.2, -0.15) is 0 Å². The number of carboxylic acids is 1. The lowest BCUT2D eigenvalue weighted by molar-refractivity contribution is -0.141. The highest BCUT2D eigenvalue weighted by Crippen LogP contribution is 2.05. The molecule has 0 saturated heterocycles. The van der Waals surface area contributed by atoms with Crippen molar-refractivity contribution in [3.8, 4) is 0 Å². The maximum atomic E-state index is 12.9. The number of carboxylic acid groups (broad SMARTS) is 1. The van der Waals surface area contributed by atoms with Gasteiger partial charge in [0.05, 0.1) is 12.3 Å². The lowest BCUT2D eigenvalue weighted by atomic mass is 10.1. The van der Waals surface area contributed by atoms with Crippen LogP contribution in [-0.2, 0) is 16.0 Å². The normalized spacial score (nSPS) is 11.9. The van der Waals surface area contributed by atoms with Gasteiger partial charge in [0.15, 0.2) is 0 Å². The first kappa shape index (κ1) is 14.2. The molecular formula is C13H16FNO3. The lowest BCUT2D eigenvalue weighted by Crippen LogP contribution is -2.33. The Morgan fingerprint density at radius 1 is 1.44 bits per heavy atom. The zero-order chi connectivity index (χ0) is 13.5. The molecule has 0 aliphatic heterocycles. The van der Waals surface area contributed by atoms with Crippen molar-refractivity contribution in [1.82, 2.24) is 5.32 Å². The second kappa shape index (κ2) is 6.74. The predicted molar refractivity (Wildman–Crippen MR) is 64.5 cm³/mol. The maximum absolute atomic E-state index is 12.9. The topological polar surface area (TPSA) is 66.4 Å². The third-order valence-corrected chi connectivity index (χ3v) is 2.64. The quantitative estimate of drug-likeness (QED) is 0.809. The zero-order valence-electron chi connectivity index (χ0n) is 10.1. The first-order chi connectivity index (χ1) is 8.52. The van der Waals surface area contributed by atoms with Gasteiger partial charge >= 0.3 is 5.97 Å². The Labute approximate surface area is 105 Å². The molecule has 0 bridgehead atoms. The largest absolute Gasteiger partial charge is 0.481 e. The van der Waals surface area contributed by atoms with Crippen LogP contribution < -0.4 is 5.32 Å². The molecule has 1 aromatic carbocycles. The first-order valence-corrected chi connectivity index (χ1v) is 5.77. The average Bonchev–Trinajstić information content (AvgIpc) is 2.29. The van der Waals surface area contributed by atoms with Crippen molar-refractivity contribution in [2.45, 2.75) is 19.8 Å². The number of carbonyl (C=O) groups excluding carboxylic acids is 1. The van der Waals surface area contributed by atoms with Crippen LogP contribution >= 0.6 is 0 Å². The van der Waals surface area contributed by atoms with Crippen molar-refractivity contribution in [3.63, 3.8) is 0 Å². The number of amides is 1. The Hall–Kier alpha value is -1.91. The predicted octanol–water partition coefficient (Wildman–Crippen LogP) is 1.60. The molecule has 18 heavy (non-hydrogen) atoms. The van der Waals surface area contributed by atoms with E-state index < -0.39 is 17.7 Å². The molecule has 1 rings (SSSR count). The summed E-state index contributed by atoms with van der Waals surface area (Å²) in [4.78, 5) is 22.3. The number of benzene rings is 1. The van der Waals surface area contributed by atoms with Gasteiger partial charge in [0, 0.05) is 6.54 Å². The molecule has 4 nitrogen and oxygen atoms in total. The monoisotopic (exact) mass is 253 g/mol. The van der Waals surface area contributed by atoms with Crippen molar-refractivity contribution in [1.29, 1.82) is 0 Å². The number of aliphatic carboxylic acids is 1. The van der Waals surface area contributed by atoms with E-state index in [1.54, 1.807) is 13.0 Å². The summed E-state index contributed by atoms with van der Waals surface area (Å²) in [6.45, 7) is 1.84. The molecule has 0 spiro atoms.